The van der Waals surface area contributed by atoms with E-state index in [9.17, 15) is 4.79 Å². The number of aromatic nitrogens is 1. The van der Waals surface area contributed by atoms with Gasteiger partial charge in [-0.15, -0.1) is 23.1 Å². The first kappa shape index (κ1) is 19.3. The number of nitrogens with one attached hydrogen (secondary N) is 1. The fourth-order valence-electron chi connectivity index (χ4n) is 2.53. The maximum atomic E-state index is 12.5. The number of hydrogen-bond donors (Lipinski definition) is 1. The van der Waals surface area contributed by atoms with Crippen LogP contribution in [-0.4, -0.2) is 30.9 Å². The van der Waals surface area contributed by atoms with Crippen LogP contribution in [-0.2, 0) is 0 Å². The van der Waals surface area contributed by atoms with Crippen LogP contribution in [0, 0.1) is 0 Å². The van der Waals surface area contributed by atoms with Gasteiger partial charge >= 0.3 is 0 Å². The molecule has 0 aliphatic heterocycles. The number of thiazole rings is 1. The van der Waals surface area contributed by atoms with E-state index in [4.69, 9.17) is 9.47 Å². The topological polar surface area (TPSA) is 60.5 Å². The molecule has 0 unspecified atom stereocenters. The van der Waals surface area contributed by atoms with Crippen LogP contribution in [0.25, 0.3) is 11.3 Å². The Morgan fingerprint density at radius 1 is 1.19 bits per heavy atom. The third-order valence-corrected chi connectivity index (χ3v) is 5.45. The molecule has 0 radical (unpaired) electrons. The zero-order valence-corrected chi connectivity index (χ0v) is 16.9. The number of nitrogens with zero attached hydrogens (tertiary/aromatic N) is 1. The Hall–Kier alpha value is -2.51. The summed E-state index contributed by atoms with van der Waals surface area (Å²) in [4.78, 5) is 18.2. The highest BCUT2D eigenvalue weighted by atomic mass is 32.2. The number of methoxy groups -OCH3 is 2. The predicted octanol–water partition coefficient (Wildman–Crippen LogP) is 5.19. The minimum absolute atomic E-state index is 0.174. The normalized spacial score (nSPS) is 10.5. The quantitative estimate of drug-likeness (QED) is 0.553. The Labute approximate surface area is 166 Å². The largest absolute Gasteiger partial charge is 0.497 e. The van der Waals surface area contributed by atoms with Crippen molar-refractivity contribution >= 4 is 34.1 Å². The minimum atomic E-state index is -0.174. The van der Waals surface area contributed by atoms with E-state index in [0.29, 0.717) is 16.4 Å². The lowest BCUT2D eigenvalue weighted by molar-refractivity contribution is 0.102. The van der Waals surface area contributed by atoms with Gasteiger partial charge in [-0.05, 0) is 42.2 Å². The van der Waals surface area contributed by atoms with E-state index in [1.54, 1.807) is 32.0 Å². The smallest absolute Gasteiger partial charge is 0.257 e. The van der Waals surface area contributed by atoms with E-state index >= 15 is 0 Å². The number of ether oxygens (including phenoxy) is 2. The third-order valence-electron chi connectivity index (χ3n) is 3.81. The molecule has 140 valence electrons. The van der Waals surface area contributed by atoms with Crippen LogP contribution in [0.1, 0.15) is 17.3 Å². The number of carbonyl (C=O) groups excluding carboxylic acids is 1. The number of anilines is 1. The highest BCUT2D eigenvalue weighted by Crippen LogP contribution is 2.35. The molecule has 3 aromatic rings. The highest BCUT2D eigenvalue weighted by molar-refractivity contribution is 7.99. The number of hydrogen-bond acceptors (Lipinski definition) is 6. The Morgan fingerprint density at radius 3 is 2.78 bits per heavy atom. The van der Waals surface area contributed by atoms with E-state index in [1.165, 1.54) is 11.3 Å². The minimum Gasteiger partial charge on any atom is -0.497 e. The second-order valence-electron chi connectivity index (χ2n) is 5.52. The summed E-state index contributed by atoms with van der Waals surface area (Å²) in [5, 5.41) is 5.29. The first-order chi connectivity index (χ1) is 13.1. The molecule has 2 aromatic carbocycles. The van der Waals surface area contributed by atoms with Gasteiger partial charge in [0.05, 0.1) is 19.9 Å². The number of benzene rings is 2. The van der Waals surface area contributed by atoms with Crippen LogP contribution in [0.5, 0.6) is 11.5 Å². The second-order valence-corrected chi connectivity index (χ2v) is 7.71. The maximum absolute atomic E-state index is 12.5. The molecule has 0 spiro atoms. The SMILES string of the molecule is CCSc1cccc(C(=O)Nc2nc(-c3cc(OC)ccc3OC)cs2)c1. The molecule has 0 aliphatic rings. The monoisotopic (exact) mass is 400 g/mol. The summed E-state index contributed by atoms with van der Waals surface area (Å²) in [6, 6.07) is 13.1. The van der Waals surface area contributed by atoms with Crippen molar-refractivity contribution in [3.63, 3.8) is 0 Å². The van der Waals surface area contributed by atoms with Gasteiger partial charge in [0.1, 0.15) is 11.5 Å². The van der Waals surface area contributed by atoms with Crippen LogP contribution in [0.3, 0.4) is 0 Å². The molecule has 0 atom stereocenters. The van der Waals surface area contributed by atoms with Crippen LogP contribution in [0.4, 0.5) is 5.13 Å². The first-order valence-corrected chi connectivity index (χ1v) is 10.2. The molecule has 0 saturated heterocycles. The zero-order chi connectivity index (χ0) is 19.2. The van der Waals surface area contributed by atoms with Crippen molar-refractivity contribution in [1.82, 2.24) is 4.98 Å². The fraction of sp³-hybridized carbons (Fsp3) is 0.200. The lowest BCUT2D eigenvalue weighted by Gasteiger charge is -2.08. The highest BCUT2D eigenvalue weighted by Gasteiger charge is 2.14. The molecule has 1 aromatic heterocycles. The molecule has 5 nitrogen and oxygen atoms in total. The Bertz CT molecular complexity index is 940. The van der Waals surface area contributed by atoms with Gasteiger partial charge in [0.15, 0.2) is 5.13 Å². The van der Waals surface area contributed by atoms with Gasteiger partial charge in [-0.1, -0.05) is 13.0 Å². The van der Waals surface area contributed by atoms with Gasteiger partial charge in [0, 0.05) is 21.4 Å². The molecule has 1 N–H and O–H groups in total. The lowest BCUT2D eigenvalue weighted by atomic mass is 10.1. The van der Waals surface area contributed by atoms with Gasteiger partial charge in [0.2, 0.25) is 0 Å². The predicted molar refractivity (Wildman–Crippen MR) is 111 cm³/mol. The number of carbonyl (C=O) groups is 1. The van der Waals surface area contributed by atoms with Crippen LogP contribution >= 0.6 is 23.1 Å². The number of thioether (sulfide) groups is 1. The third kappa shape index (κ3) is 4.61. The summed E-state index contributed by atoms with van der Waals surface area (Å²) < 4.78 is 10.7. The van der Waals surface area contributed by atoms with Crippen LogP contribution in [0.15, 0.2) is 52.7 Å². The van der Waals surface area contributed by atoms with Crippen molar-refractivity contribution in [3.8, 4) is 22.8 Å². The van der Waals surface area contributed by atoms with Crippen molar-refractivity contribution < 1.29 is 14.3 Å². The van der Waals surface area contributed by atoms with Gasteiger partial charge in [-0.25, -0.2) is 4.98 Å². The summed E-state index contributed by atoms with van der Waals surface area (Å²) in [5.74, 6) is 2.20. The lowest BCUT2D eigenvalue weighted by Crippen LogP contribution is -2.11. The number of rotatable bonds is 7. The molecule has 27 heavy (non-hydrogen) atoms. The van der Waals surface area contributed by atoms with Crippen molar-refractivity contribution in [2.24, 2.45) is 0 Å². The summed E-state index contributed by atoms with van der Waals surface area (Å²) in [6.07, 6.45) is 0. The number of amides is 1. The van der Waals surface area contributed by atoms with E-state index < -0.39 is 0 Å². The molecule has 3 rings (SSSR count). The summed E-state index contributed by atoms with van der Waals surface area (Å²) in [5.41, 5.74) is 2.15. The van der Waals surface area contributed by atoms with Crippen molar-refractivity contribution in [1.29, 1.82) is 0 Å². The average Bonchev–Trinajstić information content (AvgIpc) is 3.16. The van der Waals surface area contributed by atoms with Crippen molar-refractivity contribution in [3.05, 3.63) is 53.4 Å². The Kier molecular flexibility index (Phi) is 6.36. The molecule has 0 saturated carbocycles. The van der Waals surface area contributed by atoms with E-state index in [-0.39, 0.29) is 5.91 Å². The first-order valence-electron chi connectivity index (χ1n) is 8.36. The molecular weight excluding hydrogens is 380 g/mol. The molecule has 0 aliphatic carbocycles. The van der Waals surface area contributed by atoms with Crippen molar-refractivity contribution in [2.75, 3.05) is 25.3 Å². The van der Waals surface area contributed by atoms with Gasteiger partial charge in [-0.2, -0.15) is 0 Å². The van der Waals surface area contributed by atoms with Gasteiger partial charge in [-0.3, -0.25) is 10.1 Å². The molecule has 7 heteroatoms. The van der Waals surface area contributed by atoms with Crippen molar-refractivity contribution in [2.45, 2.75) is 11.8 Å². The van der Waals surface area contributed by atoms with E-state index in [1.807, 2.05) is 41.8 Å². The van der Waals surface area contributed by atoms with Crippen LogP contribution < -0.4 is 14.8 Å². The zero-order valence-electron chi connectivity index (χ0n) is 15.3. The van der Waals surface area contributed by atoms with E-state index in [2.05, 4.69) is 17.2 Å². The Morgan fingerprint density at radius 2 is 2.04 bits per heavy atom. The average molecular weight is 401 g/mol. The molecular formula is C20H20N2O3S2. The standard InChI is InChI=1S/C20H20N2O3S2/c1-4-26-15-7-5-6-13(10-15)19(23)22-20-21-17(12-27-20)16-11-14(24-2)8-9-18(16)25-3/h5-12H,4H2,1-3H3,(H,21,22,23). The Balaban J connectivity index is 1.80. The maximum Gasteiger partial charge on any atom is 0.257 e. The summed E-state index contributed by atoms with van der Waals surface area (Å²) >= 11 is 3.07. The summed E-state index contributed by atoms with van der Waals surface area (Å²) in [7, 11) is 3.23. The van der Waals surface area contributed by atoms with Gasteiger partial charge < -0.3 is 9.47 Å². The van der Waals surface area contributed by atoms with Gasteiger partial charge in [0.25, 0.3) is 5.91 Å². The second kappa shape index (κ2) is 8.92. The molecule has 1 amide bonds. The summed E-state index contributed by atoms with van der Waals surface area (Å²) in [6.45, 7) is 2.08. The van der Waals surface area contributed by atoms with Crippen LogP contribution in [0.2, 0.25) is 0 Å². The molecule has 0 fully saturated rings. The fourth-order valence-corrected chi connectivity index (χ4v) is 3.96. The molecule has 0 bridgehead atoms. The molecule has 1 heterocycles. The van der Waals surface area contributed by atoms with E-state index in [0.717, 1.165) is 27.7 Å².